The van der Waals surface area contributed by atoms with E-state index in [-0.39, 0.29) is 5.91 Å². The molecule has 2 aromatic carbocycles. The van der Waals surface area contributed by atoms with Gasteiger partial charge in [-0.3, -0.25) is 4.79 Å². The van der Waals surface area contributed by atoms with Crippen LogP contribution in [-0.2, 0) is 10.5 Å². The van der Waals surface area contributed by atoms with Crippen LogP contribution in [0.5, 0.6) is 11.5 Å². The fourth-order valence-electron chi connectivity index (χ4n) is 2.14. The van der Waals surface area contributed by atoms with E-state index < -0.39 is 0 Å². The molecule has 0 aliphatic rings. The number of hydrogen-bond acceptors (Lipinski definition) is 5. The average Bonchev–Trinajstić information content (AvgIpc) is 2.66. The maximum atomic E-state index is 11.9. The summed E-state index contributed by atoms with van der Waals surface area (Å²) in [7, 11) is 3.17. The molecule has 0 aliphatic heterocycles. The molecule has 132 valence electrons. The molecule has 0 saturated carbocycles. The van der Waals surface area contributed by atoms with Crippen LogP contribution in [0.1, 0.15) is 18.1 Å². The van der Waals surface area contributed by atoms with Crippen molar-refractivity contribution < 1.29 is 14.3 Å². The summed E-state index contributed by atoms with van der Waals surface area (Å²) in [5.41, 5.74) is 5.34. The lowest BCUT2D eigenvalue weighted by molar-refractivity contribution is -0.118. The van der Waals surface area contributed by atoms with E-state index in [1.54, 1.807) is 26.0 Å². The zero-order chi connectivity index (χ0) is 18.1. The van der Waals surface area contributed by atoms with Crippen molar-refractivity contribution in [3.8, 4) is 11.5 Å². The third kappa shape index (κ3) is 5.83. The van der Waals surface area contributed by atoms with Gasteiger partial charge in [0.2, 0.25) is 5.91 Å². The second-order valence-corrected chi connectivity index (χ2v) is 6.27. The van der Waals surface area contributed by atoms with Crippen molar-refractivity contribution in [1.29, 1.82) is 0 Å². The molecular formula is C19H22N2O3S. The first kappa shape index (κ1) is 18.9. The number of hydrogen-bond donors (Lipinski definition) is 1. The Morgan fingerprint density at radius 3 is 2.48 bits per heavy atom. The van der Waals surface area contributed by atoms with E-state index in [2.05, 4.69) is 10.5 Å². The van der Waals surface area contributed by atoms with E-state index in [4.69, 9.17) is 9.47 Å². The first-order valence-electron chi connectivity index (χ1n) is 7.81. The SMILES string of the molecule is COc1ccc(/C(C)=N\NC(=O)CSCc2ccccc2)cc1OC. The molecule has 2 aromatic rings. The topological polar surface area (TPSA) is 59.9 Å². The smallest absolute Gasteiger partial charge is 0.250 e. The Morgan fingerprint density at radius 2 is 1.80 bits per heavy atom. The lowest BCUT2D eigenvalue weighted by Crippen LogP contribution is -2.21. The number of hydrazone groups is 1. The minimum absolute atomic E-state index is 0.124. The molecule has 0 unspecified atom stereocenters. The number of benzene rings is 2. The van der Waals surface area contributed by atoms with E-state index in [1.807, 2.05) is 55.5 Å². The molecule has 0 bridgehead atoms. The number of methoxy groups -OCH3 is 2. The van der Waals surface area contributed by atoms with Gasteiger partial charge in [0, 0.05) is 11.3 Å². The van der Waals surface area contributed by atoms with Gasteiger partial charge >= 0.3 is 0 Å². The zero-order valence-electron chi connectivity index (χ0n) is 14.6. The second-order valence-electron chi connectivity index (χ2n) is 5.28. The van der Waals surface area contributed by atoms with Crippen molar-refractivity contribution >= 4 is 23.4 Å². The number of nitrogens with zero attached hydrogens (tertiary/aromatic N) is 1. The largest absolute Gasteiger partial charge is 0.493 e. The highest BCUT2D eigenvalue weighted by Crippen LogP contribution is 2.27. The number of thioether (sulfide) groups is 1. The van der Waals surface area contributed by atoms with Crippen LogP contribution in [0.25, 0.3) is 0 Å². The van der Waals surface area contributed by atoms with E-state index in [9.17, 15) is 4.79 Å². The fraction of sp³-hybridized carbons (Fsp3) is 0.263. The van der Waals surface area contributed by atoms with Crippen LogP contribution in [0.3, 0.4) is 0 Å². The quantitative estimate of drug-likeness (QED) is 0.580. The molecule has 2 rings (SSSR count). The summed E-state index contributed by atoms with van der Waals surface area (Å²) in [6.45, 7) is 1.83. The van der Waals surface area contributed by atoms with Gasteiger partial charge in [-0.1, -0.05) is 30.3 Å². The highest BCUT2D eigenvalue weighted by Gasteiger charge is 2.07. The minimum atomic E-state index is -0.124. The molecular weight excluding hydrogens is 336 g/mol. The molecule has 1 amide bonds. The number of ether oxygens (including phenoxy) is 2. The molecule has 1 N–H and O–H groups in total. The van der Waals surface area contributed by atoms with Gasteiger partial charge in [-0.05, 0) is 30.7 Å². The summed E-state index contributed by atoms with van der Waals surface area (Å²) >= 11 is 1.56. The summed E-state index contributed by atoms with van der Waals surface area (Å²) in [4.78, 5) is 11.9. The Labute approximate surface area is 152 Å². The van der Waals surface area contributed by atoms with Crippen LogP contribution in [0.15, 0.2) is 53.6 Å². The molecule has 0 aliphatic carbocycles. The molecule has 0 radical (unpaired) electrons. The van der Waals surface area contributed by atoms with Gasteiger partial charge in [0.15, 0.2) is 11.5 Å². The average molecular weight is 358 g/mol. The Bertz CT molecular complexity index is 733. The second kappa shape index (κ2) is 9.74. The Kier molecular flexibility index (Phi) is 7.35. The molecule has 25 heavy (non-hydrogen) atoms. The van der Waals surface area contributed by atoms with Crippen molar-refractivity contribution in [2.45, 2.75) is 12.7 Å². The van der Waals surface area contributed by atoms with Gasteiger partial charge in [-0.25, -0.2) is 5.43 Å². The van der Waals surface area contributed by atoms with E-state index in [0.29, 0.717) is 23.0 Å². The number of nitrogens with one attached hydrogen (secondary N) is 1. The monoisotopic (exact) mass is 358 g/mol. The number of amides is 1. The first-order chi connectivity index (χ1) is 12.1. The molecule has 0 fully saturated rings. The van der Waals surface area contributed by atoms with E-state index >= 15 is 0 Å². The summed E-state index contributed by atoms with van der Waals surface area (Å²) in [5, 5.41) is 4.16. The van der Waals surface area contributed by atoms with Crippen molar-refractivity contribution in [1.82, 2.24) is 5.43 Å². The molecule has 0 saturated heterocycles. The van der Waals surface area contributed by atoms with Gasteiger partial charge < -0.3 is 9.47 Å². The predicted molar refractivity (Wildman–Crippen MR) is 103 cm³/mol. The molecule has 5 nitrogen and oxygen atoms in total. The first-order valence-corrected chi connectivity index (χ1v) is 8.96. The van der Waals surface area contributed by atoms with Crippen LogP contribution in [-0.4, -0.2) is 31.6 Å². The summed E-state index contributed by atoms with van der Waals surface area (Å²) in [6, 6.07) is 15.6. The highest BCUT2D eigenvalue weighted by molar-refractivity contribution is 7.99. The van der Waals surface area contributed by atoms with Crippen LogP contribution >= 0.6 is 11.8 Å². The van der Waals surface area contributed by atoms with Gasteiger partial charge in [-0.15, -0.1) is 11.8 Å². The van der Waals surface area contributed by atoms with Crippen molar-refractivity contribution in [3.05, 3.63) is 59.7 Å². The third-order valence-corrected chi connectivity index (χ3v) is 4.50. The van der Waals surface area contributed by atoms with Crippen LogP contribution < -0.4 is 14.9 Å². The van der Waals surface area contributed by atoms with Crippen molar-refractivity contribution in [2.75, 3.05) is 20.0 Å². The Balaban J connectivity index is 1.86. The van der Waals surface area contributed by atoms with Crippen LogP contribution in [0.2, 0.25) is 0 Å². The number of carbonyl (C=O) groups excluding carboxylic acids is 1. The highest BCUT2D eigenvalue weighted by atomic mass is 32.2. The van der Waals surface area contributed by atoms with E-state index in [1.165, 1.54) is 5.56 Å². The van der Waals surface area contributed by atoms with E-state index in [0.717, 1.165) is 11.3 Å². The maximum absolute atomic E-state index is 11.9. The van der Waals surface area contributed by atoms with Crippen molar-refractivity contribution in [2.24, 2.45) is 5.10 Å². The fourth-order valence-corrected chi connectivity index (χ4v) is 2.92. The molecule has 0 atom stereocenters. The number of rotatable bonds is 8. The zero-order valence-corrected chi connectivity index (χ0v) is 15.4. The van der Waals surface area contributed by atoms with Crippen molar-refractivity contribution in [3.63, 3.8) is 0 Å². The molecule has 6 heteroatoms. The summed E-state index contributed by atoms with van der Waals surface area (Å²) in [5.74, 6) is 2.31. The maximum Gasteiger partial charge on any atom is 0.250 e. The standard InChI is InChI=1S/C19H22N2O3S/c1-14(16-9-10-17(23-2)18(11-16)24-3)20-21-19(22)13-25-12-15-7-5-4-6-8-15/h4-11H,12-13H2,1-3H3,(H,21,22)/b20-14-. The normalized spacial score (nSPS) is 11.1. The van der Waals surface area contributed by atoms with Gasteiger partial charge in [0.05, 0.1) is 25.7 Å². The Morgan fingerprint density at radius 1 is 1.08 bits per heavy atom. The van der Waals surface area contributed by atoms with Gasteiger partial charge in [-0.2, -0.15) is 5.10 Å². The molecule has 0 heterocycles. The summed E-state index contributed by atoms with van der Waals surface area (Å²) < 4.78 is 10.5. The Hall–Kier alpha value is -2.47. The third-order valence-electron chi connectivity index (χ3n) is 3.49. The minimum Gasteiger partial charge on any atom is -0.493 e. The predicted octanol–water partition coefficient (Wildman–Crippen LogP) is 3.48. The molecule has 0 spiro atoms. The van der Waals surface area contributed by atoms with Crippen LogP contribution in [0.4, 0.5) is 0 Å². The lowest BCUT2D eigenvalue weighted by Gasteiger charge is -2.09. The number of carbonyl (C=O) groups is 1. The van der Waals surface area contributed by atoms with Crippen LogP contribution in [0, 0.1) is 0 Å². The van der Waals surface area contributed by atoms with Gasteiger partial charge in [0.1, 0.15) is 0 Å². The lowest BCUT2D eigenvalue weighted by atomic mass is 10.1. The summed E-state index contributed by atoms with van der Waals surface area (Å²) in [6.07, 6.45) is 0. The van der Waals surface area contributed by atoms with Gasteiger partial charge in [0.25, 0.3) is 0 Å². The molecule has 0 aromatic heterocycles.